The van der Waals surface area contributed by atoms with E-state index in [1.165, 1.54) is 0 Å². The van der Waals surface area contributed by atoms with Gasteiger partial charge in [0.1, 0.15) is 17.2 Å². The SMILES string of the molecule is CCOC(=O)c1cnc(-c2ccccc2)nc1N1CCN(c2cnc3ccccc3n2)CC1. The maximum atomic E-state index is 12.6. The Morgan fingerprint density at radius 2 is 1.55 bits per heavy atom. The first-order chi connectivity index (χ1) is 16.2. The molecule has 0 spiro atoms. The van der Waals surface area contributed by atoms with Crippen LogP contribution in [0.1, 0.15) is 17.3 Å². The number of rotatable bonds is 5. The highest BCUT2D eigenvalue weighted by atomic mass is 16.5. The lowest BCUT2D eigenvalue weighted by Crippen LogP contribution is -2.47. The van der Waals surface area contributed by atoms with Gasteiger partial charge in [0.2, 0.25) is 0 Å². The number of aromatic nitrogens is 4. The van der Waals surface area contributed by atoms with Gasteiger partial charge in [0.05, 0.1) is 23.8 Å². The van der Waals surface area contributed by atoms with Crippen molar-refractivity contribution in [2.75, 3.05) is 42.6 Å². The third-order valence-corrected chi connectivity index (χ3v) is 5.64. The van der Waals surface area contributed by atoms with Crippen molar-refractivity contribution >= 4 is 28.6 Å². The maximum Gasteiger partial charge on any atom is 0.343 e. The first-order valence-corrected chi connectivity index (χ1v) is 11.0. The summed E-state index contributed by atoms with van der Waals surface area (Å²) < 4.78 is 5.26. The van der Waals surface area contributed by atoms with Crippen LogP contribution in [0, 0.1) is 0 Å². The molecule has 0 N–H and O–H groups in total. The van der Waals surface area contributed by atoms with Gasteiger partial charge in [-0.3, -0.25) is 4.98 Å². The molecular formula is C25H24N6O2. The number of esters is 1. The first kappa shape index (κ1) is 20.8. The van der Waals surface area contributed by atoms with Crippen LogP contribution in [0.3, 0.4) is 0 Å². The number of carbonyl (C=O) groups excluding carboxylic acids is 1. The van der Waals surface area contributed by atoms with Gasteiger partial charge in [-0.05, 0) is 19.1 Å². The molecule has 1 aliphatic heterocycles. The van der Waals surface area contributed by atoms with Crippen LogP contribution in [-0.4, -0.2) is 58.7 Å². The van der Waals surface area contributed by atoms with E-state index in [1.807, 2.05) is 60.8 Å². The molecule has 0 amide bonds. The van der Waals surface area contributed by atoms with Gasteiger partial charge in [-0.15, -0.1) is 0 Å². The van der Waals surface area contributed by atoms with Crippen LogP contribution >= 0.6 is 0 Å². The fraction of sp³-hybridized carbons (Fsp3) is 0.240. The molecule has 8 nitrogen and oxygen atoms in total. The van der Waals surface area contributed by atoms with Gasteiger partial charge in [0.25, 0.3) is 0 Å². The molecule has 5 rings (SSSR count). The lowest BCUT2D eigenvalue weighted by Gasteiger charge is -2.36. The highest BCUT2D eigenvalue weighted by Gasteiger charge is 2.25. The average molecular weight is 441 g/mol. The third kappa shape index (κ3) is 4.32. The number of hydrogen-bond donors (Lipinski definition) is 0. The van der Waals surface area contributed by atoms with Crippen LogP contribution in [-0.2, 0) is 4.74 Å². The Labute approximate surface area is 191 Å². The van der Waals surface area contributed by atoms with Crippen LogP contribution < -0.4 is 9.80 Å². The molecule has 33 heavy (non-hydrogen) atoms. The summed E-state index contributed by atoms with van der Waals surface area (Å²) in [7, 11) is 0. The molecule has 1 fully saturated rings. The van der Waals surface area contributed by atoms with E-state index in [1.54, 1.807) is 13.1 Å². The number of ether oxygens (including phenoxy) is 1. The molecule has 1 aliphatic rings. The summed E-state index contributed by atoms with van der Waals surface area (Å²) >= 11 is 0. The molecule has 0 atom stereocenters. The average Bonchev–Trinajstić information content (AvgIpc) is 2.89. The van der Waals surface area contributed by atoms with Crippen molar-refractivity contribution in [3.63, 3.8) is 0 Å². The molecule has 0 saturated carbocycles. The fourth-order valence-corrected chi connectivity index (χ4v) is 3.94. The number of anilines is 2. The van der Waals surface area contributed by atoms with Crippen LogP contribution in [0.15, 0.2) is 67.0 Å². The van der Waals surface area contributed by atoms with Gasteiger partial charge in [0, 0.05) is 37.9 Å². The van der Waals surface area contributed by atoms with E-state index >= 15 is 0 Å². The summed E-state index contributed by atoms with van der Waals surface area (Å²) in [4.78, 5) is 35.4. The molecule has 0 unspecified atom stereocenters. The second kappa shape index (κ2) is 9.20. The molecule has 0 bridgehead atoms. The predicted octanol–water partition coefficient (Wildman–Crippen LogP) is 3.59. The smallest absolute Gasteiger partial charge is 0.343 e. The predicted molar refractivity (Wildman–Crippen MR) is 127 cm³/mol. The van der Waals surface area contributed by atoms with Gasteiger partial charge in [-0.2, -0.15) is 0 Å². The highest BCUT2D eigenvalue weighted by Crippen LogP contribution is 2.25. The molecule has 2 aromatic carbocycles. The molecule has 3 heterocycles. The second-order valence-corrected chi connectivity index (χ2v) is 7.71. The Hall–Kier alpha value is -4.07. The molecular weight excluding hydrogens is 416 g/mol. The van der Waals surface area contributed by atoms with Crippen LogP contribution in [0.4, 0.5) is 11.6 Å². The second-order valence-electron chi connectivity index (χ2n) is 7.71. The van der Waals surface area contributed by atoms with Crippen LogP contribution in [0.2, 0.25) is 0 Å². The lowest BCUT2D eigenvalue weighted by molar-refractivity contribution is 0.0526. The molecule has 2 aromatic heterocycles. The number of piperazine rings is 1. The topological polar surface area (TPSA) is 84.3 Å². The zero-order valence-corrected chi connectivity index (χ0v) is 18.4. The van der Waals surface area contributed by atoms with Crippen molar-refractivity contribution in [1.82, 2.24) is 19.9 Å². The van der Waals surface area contributed by atoms with Crippen molar-refractivity contribution in [3.8, 4) is 11.4 Å². The highest BCUT2D eigenvalue weighted by molar-refractivity contribution is 5.95. The number of carbonyl (C=O) groups is 1. The molecule has 1 saturated heterocycles. The molecule has 0 aliphatic carbocycles. The van der Waals surface area contributed by atoms with E-state index in [4.69, 9.17) is 14.7 Å². The Bertz CT molecular complexity index is 1270. The van der Waals surface area contributed by atoms with Crippen molar-refractivity contribution < 1.29 is 9.53 Å². The molecule has 0 radical (unpaired) electrons. The van der Waals surface area contributed by atoms with E-state index in [0.29, 0.717) is 36.9 Å². The van der Waals surface area contributed by atoms with E-state index in [9.17, 15) is 4.79 Å². The zero-order valence-electron chi connectivity index (χ0n) is 18.4. The first-order valence-electron chi connectivity index (χ1n) is 11.0. The number of benzene rings is 2. The molecule has 166 valence electrons. The van der Waals surface area contributed by atoms with Crippen LogP contribution in [0.5, 0.6) is 0 Å². The van der Waals surface area contributed by atoms with Gasteiger partial charge >= 0.3 is 5.97 Å². The molecule has 4 aromatic rings. The monoisotopic (exact) mass is 440 g/mol. The normalized spacial score (nSPS) is 13.8. The fourth-order valence-electron chi connectivity index (χ4n) is 3.94. The molecule has 8 heteroatoms. The standard InChI is InChI=1S/C25H24N6O2/c1-2-33-25(32)19-16-27-23(18-8-4-3-5-9-18)29-24(19)31-14-12-30(13-15-31)22-17-26-20-10-6-7-11-21(20)28-22/h3-11,16-17H,2,12-15H2,1H3. The Kier molecular flexibility index (Phi) is 5.80. The quantitative estimate of drug-likeness (QED) is 0.436. The summed E-state index contributed by atoms with van der Waals surface area (Å²) in [5.74, 6) is 1.63. The minimum atomic E-state index is -0.407. The van der Waals surface area contributed by atoms with Gasteiger partial charge in [-0.1, -0.05) is 42.5 Å². The zero-order chi connectivity index (χ0) is 22.6. The Balaban J connectivity index is 1.40. The van der Waals surface area contributed by atoms with E-state index < -0.39 is 5.97 Å². The van der Waals surface area contributed by atoms with Gasteiger partial charge in [0.15, 0.2) is 5.82 Å². The maximum absolute atomic E-state index is 12.6. The van der Waals surface area contributed by atoms with Crippen LogP contribution in [0.25, 0.3) is 22.4 Å². The largest absolute Gasteiger partial charge is 0.462 e. The van der Waals surface area contributed by atoms with E-state index in [-0.39, 0.29) is 0 Å². The summed E-state index contributed by atoms with van der Waals surface area (Å²) in [6.45, 7) is 4.94. The van der Waals surface area contributed by atoms with Gasteiger partial charge < -0.3 is 14.5 Å². The van der Waals surface area contributed by atoms with E-state index in [0.717, 1.165) is 35.5 Å². The number of fused-ring (bicyclic) bond motifs is 1. The van der Waals surface area contributed by atoms with Crippen molar-refractivity contribution in [2.24, 2.45) is 0 Å². The third-order valence-electron chi connectivity index (χ3n) is 5.64. The minimum Gasteiger partial charge on any atom is -0.462 e. The summed E-state index contributed by atoms with van der Waals surface area (Å²) in [5.41, 5.74) is 3.05. The minimum absolute atomic E-state index is 0.299. The number of nitrogens with zero attached hydrogens (tertiary/aromatic N) is 6. The Morgan fingerprint density at radius 1 is 0.848 bits per heavy atom. The van der Waals surface area contributed by atoms with Gasteiger partial charge in [-0.25, -0.2) is 19.7 Å². The van der Waals surface area contributed by atoms with Crippen molar-refractivity contribution in [3.05, 3.63) is 72.6 Å². The number of para-hydroxylation sites is 2. The summed E-state index contributed by atoms with van der Waals surface area (Å²) in [6, 6.07) is 17.6. The van der Waals surface area contributed by atoms with Crippen molar-refractivity contribution in [1.29, 1.82) is 0 Å². The van der Waals surface area contributed by atoms with Crippen molar-refractivity contribution in [2.45, 2.75) is 6.92 Å². The number of hydrogen-bond acceptors (Lipinski definition) is 8. The lowest BCUT2D eigenvalue weighted by atomic mass is 10.2. The van der Waals surface area contributed by atoms with E-state index in [2.05, 4.69) is 19.8 Å². The summed E-state index contributed by atoms with van der Waals surface area (Å²) in [6.07, 6.45) is 3.39. The summed E-state index contributed by atoms with van der Waals surface area (Å²) in [5, 5.41) is 0. The Morgan fingerprint density at radius 3 is 2.30 bits per heavy atom.